The summed E-state index contributed by atoms with van der Waals surface area (Å²) in [7, 11) is 0. The van der Waals surface area contributed by atoms with Gasteiger partial charge in [0.25, 0.3) is 0 Å². The summed E-state index contributed by atoms with van der Waals surface area (Å²) in [5, 5.41) is -0.0121. The molecule has 3 heterocycles. The second-order valence-corrected chi connectivity index (χ2v) is 8.58. The summed E-state index contributed by atoms with van der Waals surface area (Å²) in [6.07, 6.45) is -1.30. The number of carbonyl (C=O) groups is 1. The van der Waals surface area contributed by atoms with E-state index in [0.717, 1.165) is 43.6 Å². The van der Waals surface area contributed by atoms with Gasteiger partial charge in [0.2, 0.25) is 12.7 Å². The largest absolute Gasteiger partial charge is 0.454 e. The van der Waals surface area contributed by atoms with Crippen molar-refractivity contribution in [3.8, 4) is 22.8 Å². The standard InChI is InChI=1S/C21H22F3N3O3S/c1-13-4-2-3-8-27(13)19(28)7-9-31-20-25-15(11-18(26-20)21(22,23)24)14-5-6-16-17(10-14)30-12-29-16/h5-6,10-11,13H,2-4,7-9,12H2,1H3. The Morgan fingerprint density at radius 3 is 2.77 bits per heavy atom. The lowest BCUT2D eigenvalue weighted by Gasteiger charge is -2.33. The number of hydrogen-bond donors (Lipinski definition) is 0. The number of aromatic nitrogens is 2. The molecule has 0 saturated carbocycles. The zero-order chi connectivity index (χ0) is 22.0. The van der Waals surface area contributed by atoms with Gasteiger partial charge in [0, 0.05) is 30.3 Å². The van der Waals surface area contributed by atoms with Gasteiger partial charge in [0.05, 0.1) is 5.69 Å². The molecule has 1 aromatic heterocycles. The maximum Gasteiger partial charge on any atom is 0.433 e. The van der Waals surface area contributed by atoms with Gasteiger partial charge < -0.3 is 14.4 Å². The Hall–Kier alpha value is -2.49. The van der Waals surface area contributed by atoms with Gasteiger partial charge in [0.15, 0.2) is 16.7 Å². The van der Waals surface area contributed by atoms with E-state index >= 15 is 0 Å². The number of benzene rings is 1. The fourth-order valence-corrected chi connectivity index (χ4v) is 4.47. The van der Waals surface area contributed by atoms with Crippen LogP contribution in [-0.2, 0) is 11.0 Å². The Morgan fingerprint density at radius 2 is 2.00 bits per heavy atom. The monoisotopic (exact) mass is 453 g/mol. The average Bonchev–Trinajstić information content (AvgIpc) is 3.21. The predicted octanol–water partition coefficient (Wildman–Crippen LogP) is 4.77. The highest BCUT2D eigenvalue weighted by Gasteiger charge is 2.34. The van der Waals surface area contributed by atoms with Crippen molar-refractivity contribution in [3.63, 3.8) is 0 Å². The summed E-state index contributed by atoms with van der Waals surface area (Å²) < 4.78 is 50.8. The topological polar surface area (TPSA) is 64.6 Å². The molecular formula is C21H22F3N3O3S. The SMILES string of the molecule is CC1CCCCN1C(=O)CCSc1nc(-c2ccc3c(c2)OCO3)cc(C(F)(F)F)n1. The quantitative estimate of drug-likeness (QED) is 0.480. The summed E-state index contributed by atoms with van der Waals surface area (Å²) in [4.78, 5) is 22.3. The highest BCUT2D eigenvalue weighted by atomic mass is 32.2. The average molecular weight is 453 g/mol. The van der Waals surface area contributed by atoms with E-state index in [2.05, 4.69) is 9.97 Å². The molecule has 1 saturated heterocycles. The number of carbonyl (C=O) groups excluding carboxylic acids is 1. The van der Waals surface area contributed by atoms with Gasteiger partial charge >= 0.3 is 6.18 Å². The van der Waals surface area contributed by atoms with Crippen molar-refractivity contribution in [2.45, 2.75) is 50.0 Å². The fourth-order valence-electron chi connectivity index (χ4n) is 3.68. The molecule has 0 radical (unpaired) electrons. The third kappa shape index (κ3) is 5.06. The first-order chi connectivity index (χ1) is 14.8. The van der Waals surface area contributed by atoms with Crippen molar-refractivity contribution in [1.82, 2.24) is 14.9 Å². The van der Waals surface area contributed by atoms with E-state index < -0.39 is 11.9 Å². The minimum Gasteiger partial charge on any atom is -0.454 e. The molecule has 1 fully saturated rings. The molecule has 1 amide bonds. The molecule has 0 bridgehead atoms. The van der Waals surface area contributed by atoms with Crippen LogP contribution < -0.4 is 9.47 Å². The first-order valence-corrected chi connectivity index (χ1v) is 11.1. The van der Waals surface area contributed by atoms with Gasteiger partial charge in [-0.15, -0.1) is 0 Å². The van der Waals surface area contributed by atoms with Gasteiger partial charge in [-0.05, 0) is 50.5 Å². The summed E-state index contributed by atoms with van der Waals surface area (Å²) in [6.45, 7) is 2.83. The first-order valence-electron chi connectivity index (χ1n) is 10.1. The lowest BCUT2D eigenvalue weighted by molar-refractivity contribution is -0.141. The number of likely N-dealkylation sites (tertiary alicyclic amines) is 1. The minimum absolute atomic E-state index is 0.0121. The third-order valence-corrected chi connectivity index (χ3v) is 6.18. The number of ether oxygens (including phenoxy) is 2. The molecule has 2 aliphatic heterocycles. The van der Waals surface area contributed by atoms with Crippen LogP contribution in [0.3, 0.4) is 0 Å². The molecule has 1 aromatic carbocycles. The summed E-state index contributed by atoms with van der Waals surface area (Å²) in [6, 6.07) is 5.99. The van der Waals surface area contributed by atoms with E-state index in [0.29, 0.717) is 22.8 Å². The van der Waals surface area contributed by atoms with Crippen LogP contribution in [0.4, 0.5) is 13.2 Å². The molecular weight excluding hydrogens is 431 g/mol. The van der Waals surface area contributed by atoms with Crippen LogP contribution in [-0.4, -0.2) is 45.9 Å². The van der Waals surface area contributed by atoms with Crippen LogP contribution >= 0.6 is 11.8 Å². The van der Waals surface area contributed by atoms with Crippen LogP contribution in [0.25, 0.3) is 11.3 Å². The normalized spacial score (nSPS) is 18.3. The van der Waals surface area contributed by atoms with E-state index in [1.807, 2.05) is 11.8 Å². The number of alkyl halides is 3. The highest BCUT2D eigenvalue weighted by molar-refractivity contribution is 7.99. The summed E-state index contributed by atoms with van der Waals surface area (Å²) in [5.74, 6) is 1.32. The molecule has 0 spiro atoms. The zero-order valence-electron chi connectivity index (χ0n) is 16.9. The number of thioether (sulfide) groups is 1. The summed E-state index contributed by atoms with van der Waals surface area (Å²) in [5.41, 5.74) is -0.412. The molecule has 0 N–H and O–H groups in total. The third-order valence-electron chi connectivity index (χ3n) is 5.33. The number of halogens is 3. The maximum absolute atomic E-state index is 13.4. The van der Waals surface area contributed by atoms with Crippen molar-refractivity contribution in [2.24, 2.45) is 0 Å². The highest BCUT2D eigenvalue weighted by Crippen LogP contribution is 2.37. The maximum atomic E-state index is 13.4. The molecule has 2 aliphatic rings. The van der Waals surface area contributed by atoms with Crippen LogP contribution in [0.5, 0.6) is 11.5 Å². The van der Waals surface area contributed by atoms with Crippen LogP contribution in [0.1, 0.15) is 38.3 Å². The van der Waals surface area contributed by atoms with Crippen molar-refractivity contribution in [3.05, 3.63) is 30.0 Å². The van der Waals surface area contributed by atoms with Crippen molar-refractivity contribution in [1.29, 1.82) is 0 Å². The molecule has 1 atom stereocenters. The Balaban J connectivity index is 1.50. The molecule has 1 unspecified atom stereocenters. The van der Waals surface area contributed by atoms with Crippen molar-refractivity contribution in [2.75, 3.05) is 19.1 Å². The molecule has 31 heavy (non-hydrogen) atoms. The number of rotatable bonds is 5. The number of nitrogens with zero attached hydrogens (tertiary/aromatic N) is 3. The van der Waals surface area contributed by atoms with Gasteiger partial charge in [-0.3, -0.25) is 4.79 Å². The van der Waals surface area contributed by atoms with E-state index in [1.165, 1.54) is 0 Å². The second kappa shape index (κ2) is 8.94. The van der Waals surface area contributed by atoms with Gasteiger partial charge in [-0.2, -0.15) is 13.2 Å². The van der Waals surface area contributed by atoms with E-state index in [9.17, 15) is 18.0 Å². The van der Waals surface area contributed by atoms with Gasteiger partial charge in [-0.1, -0.05) is 11.8 Å². The van der Waals surface area contributed by atoms with Gasteiger partial charge in [-0.25, -0.2) is 9.97 Å². The van der Waals surface area contributed by atoms with E-state index in [-0.39, 0.29) is 36.0 Å². The lowest BCUT2D eigenvalue weighted by atomic mass is 10.0. The lowest BCUT2D eigenvalue weighted by Crippen LogP contribution is -2.42. The van der Waals surface area contributed by atoms with Crippen LogP contribution in [0.15, 0.2) is 29.4 Å². The van der Waals surface area contributed by atoms with Crippen molar-refractivity contribution < 1.29 is 27.4 Å². The number of fused-ring (bicyclic) bond motifs is 1. The minimum atomic E-state index is -4.61. The number of piperidine rings is 1. The zero-order valence-corrected chi connectivity index (χ0v) is 17.8. The Kier molecular flexibility index (Phi) is 6.27. The predicted molar refractivity (Wildman–Crippen MR) is 109 cm³/mol. The van der Waals surface area contributed by atoms with Crippen LogP contribution in [0, 0.1) is 0 Å². The van der Waals surface area contributed by atoms with Crippen molar-refractivity contribution >= 4 is 17.7 Å². The van der Waals surface area contributed by atoms with E-state index in [1.54, 1.807) is 18.2 Å². The first kappa shape index (κ1) is 21.7. The summed E-state index contributed by atoms with van der Waals surface area (Å²) >= 11 is 1.05. The molecule has 166 valence electrons. The molecule has 4 rings (SSSR count). The molecule has 6 nitrogen and oxygen atoms in total. The number of hydrogen-bond acceptors (Lipinski definition) is 6. The van der Waals surface area contributed by atoms with E-state index in [4.69, 9.17) is 9.47 Å². The second-order valence-electron chi connectivity index (χ2n) is 7.52. The Bertz CT molecular complexity index is 971. The smallest absolute Gasteiger partial charge is 0.433 e. The Labute approximate surface area is 182 Å². The molecule has 2 aromatic rings. The fraction of sp³-hybridized carbons (Fsp3) is 0.476. The van der Waals surface area contributed by atoms with Gasteiger partial charge in [0.1, 0.15) is 5.69 Å². The Morgan fingerprint density at radius 1 is 1.19 bits per heavy atom. The molecule has 0 aliphatic carbocycles. The van der Waals surface area contributed by atoms with Crippen LogP contribution in [0.2, 0.25) is 0 Å². The number of amides is 1. The molecule has 10 heteroatoms.